The van der Waals surface area contributed by atoms with Crippen molar-refractivity contribution in [1.29, 1.82) is 0 Å². The molecule has 6 heteroatoms. The molecule has 1 saturated heterocycles. The average molecular weight is 368 g/mol. The zero-order valence-electron chi connectivity index (χ0n) is 15.1. The summed E-state index contributed by atoms with van der Waals surface area (Å²) in [5, 5.41) is 9.32. The lowest BCUT2D eigenvalue weighted by molar-refractivity contribution is -0.129. The largest absolute Gasteiger partial charge is 0.350 e. The van der Waals surface area contributed by atoms with Gasteiger partial charge in [0, 0.05) is 12.6 Å². The molecule has 0 aromatic heterocycles. The molecule has 3 N–H and O–H groups in total. The maximum absolute atomic E-state index is 12.6. The van der Waals surface area contributed by atoms with Crippen molar-refractivity contribution in [3.05, 3.63) is 35.9 Å². The number of amides is 2. The van der Waals surface area contributed by atoms with E-state index in [1.165, 1.54) is 0 Å². The Kier molecular flexibility index (Phi) is 9.53. The number of rotatable bonds is 7. The van der Waals surface area contributed by atoms with E-state index >= 15 is 0 Å². The second-order valence-electron chi connectivity index (χ2n) is 6.66. The van der Waals surface area contributed by atoms with Crippen LogP contribution in [0.4, 0.5) is 0 Å². The molecule has 25 heavy (non-hydrogen) atoms. The molecule has 3 atom stereocenters. The Hall–Kier alpha value is -1.59. The number of piperidine rings is 1. The number of hydrogen-bond acceptors (Lipinski definition) is 3. The Morgan fingerprint density at radius 1 is 1.28 bits per heavy atom. The van der Waals surface area contributed by atoms with Crippen LogP contribution < -0.4 is 16.0 Å². The van der Waals surface area contributed by atoms with Gasteiger partial charge < -0.3 is 16.0 Å². The first kappa shape index (κ1) is 21.5. The van der Waals surface area contributed by atoms with Crippen molar-refractivity contribution in [3.8, 4) is 0 Å². The van der Waals surface area contributed by atoms with Crippen LogP contribution in [0.5, 0.6) is 0 Å². The van der Waals surface area contributed by atoms with Gasteiger partial charge in [-0.25, -0.2) is 0 Å². The standard InChI is InChI=1S/C19H29N3O2.ClH/c1-3-7-16(19(24)22-17-13-20-11-10-14(17)2)21-18(23)12-15-8-5-4-6-9-15;/h4-6,8-9,14,16-17,20H,3,7,10-13H2,1-2H3,(H,21,23)(H,22,24);1H. The summed E-state index contributed by atoms with van der Waals surface area (Å²) in [5.74, 6) is 0.279. The summed E-state index contributed by atoms with van der Waals surface area (Å²) in [6, 6.07) is 9.27. The molecular formula is C19H30ClN3O2. The van der Waals surface area contributed by atoms with Crippen molar-refractivity contribution >= 4 is 24.2 Å². The lowest BCUT2D eigenvalue weighted by Gasteiger charge is -2.31. The lowest BCUT2D eigenvalue weighted by atomic mass is 9.94. The number of halogens is 1. The first-order valence-corrected chi connectivity index (χ1v) is 8.94. The Balaban J connectivity index is 0.00000312. The molecular weight excluding hydrogens is 338 g/mol. The number of carbonyl (C=O) groups is 2. The topological polar surface area (TPSA) is 70.2 Å². The summed E-state index contributed by atoms with van der Waals surface area (Å²) in [4.78, 5) is 24.8. The minimum absolute atomic E-state index is 0. The third-order valence-electron chi connectivity index (χ3n) is 4.59. The third-order valence-corrected chi connectivity index (χ3v) is 4.59. The van der Waals surface area contributed by atoms with Gasteiger partial charge in [0.25, 0.3) is 0 Å². The van der Waals surface area contributed by atoms with Gasteiger partial charge in [0.15, 0.2) is 0 Å². The van der Waals surface area contributed by atoms with Gasteiger partial charge in [-0.05, 0) is 30.9 Å². The highest BCUT2D eigenvalue weighted by Crippen LogP contribution is 2.12. The number of carbonyl (C=O) groups excluding carboxylic acids is 2. The van der Waals surface area contributed by atoms with Gasteiger partial charge in [0.1, 0.15) is 6.04 Å². The zero-order valence-corrected chi connectivity index (χ0v) is 15.9. The molecule has 0 bridgehead atoms. The Morgan fingerprint density at radius 2 is 2.00 bits per heavy atom. The van der Waals surface area contributed by atoms with E-state index in [4.69, 9.17) is 0 Å². The van der Waals surface area contributed by atoms with Gasteiger partial charge in [-0.15, -0.1) is 12.4 Å². The van der Waals surface area contributed by atoms with Crippen LogP contribution in [0.15, 0.2) is 30.3 Å². The maximum Gasteiger partial charge on any atom is 0.242 e. The Labute approximate surface area is 156 Å². The lowest BCUT2D eigenvalue weighted by Crippen LogP contribution is -2.55. The molecule has 140 valence electrons. The Morgan fingerprint density at radius 3 is 2.64 bits per heavy atom. The molecule has 2 rings (SSSR count). The van der Waals surface area contributed by atoms with E-state index in [0.29, 0.717) is 18.8 Å². The molecule has 1 heterocycles. The molecule has 5 nitrogen and oxygen atoms in total. The van der Waals surface area contributed by atoms with Crippen LogP contribution in [0.3, 0.4) is 0 Å². The van der Waals surface area contributed by atoms with Gasteiger partial charge in [-0.1, -0.05) is 50.6 Å². The van der Waals surface area contributed by atoms with Crippen LogP contribution in [0.25, 0.3) is 0 Å². The van der Waals surface area contributed by atoms with E-state index in [-0.39, 0.29) is 30.3 Å². The predicted octanol–water partition coefficient (Wildman–Crippen LogP) is 2.05. The summed E-state index contributed by atoms with van der Waals surface area (Å²) < 4.78 is 0. The quantitative estimate of drug-likeness (QED) is 0.690. The van der Waals surface area contributed by atoms with Crippen molar-refractivity contribution in [2.24, 2.45) is 5.92 Å². The number of benzene rings is 1. The molecule has 0 saturated carbocycles. The SMILES string of the molecule is CCCC(NC(=O)Cc1ccccc1)C(=O)NC1CNCCC1C.Cl. The molecule has 1 aromatic rings. The highest BCUT2D eigenvalue weighted by Gasteiger charge is 2.26. The van der Waals surface area contributed by atoms with Crippen molar-refractivity contribution in [1.82, 2.24) is 16.0 Å². The summed E-state index contributed by atoms with van der Waals surface area (Å²) >= 11 is 0. The normalized spacial score (nSPS) is 20.9. The van der Waals surface area contributed by atoms with Gasteiger partial charge in [0.2, 0.25) is 11.8 Å². The fourth-order valence-corrected chi connectivity index (χ4v) is 3.05. The van der Waals surface area contributed by atoms with Crippen molar-refractivity contribution in [2.75, 3.05) is 13.1 Å². The van der Waals surface area contributed by atoms with E-state index in [2.05, 4.69) is 22.9 Å². The van der Waals surface area contributed by atoms with Crippen molar-refractivity contribution < 1.29 is 9.59 Å². The van der Waals surface area contributed by atoms with Crippen LogP contribution in [-0.2, 0) is 16.0 Å². The van der Waals surface area contributed by atoms with Gasteiger partial charge in [-0.3, -0.25) is 9.59 Å². The number of nitrogens with one attached hydrogen (secondary N) is 3. The molecule has 1 aromatic carbocycles. The van der Waals surface area contributed by atoms with Crippen LogP contribution in [-0.4, -0.2) is 37.0 Å². The van der Waals surface area contributed by atoms with Crippen LogP contribution in [0, 0.1) is 5.92 Å². The zero-order chi connectivity index (χ0) is 17.4. The first-order valence-electron chi connectivity index (χ1n) is 8.94. The van der Waals surface area contributed by atoms with Crippen molar-refractivity contribution in [3.63, 3.8) is 0 Å². The molecule has 2 amide bonds. The minimum Gasteiger partial charge on any atom is -0.350 e. The number of hydrogen-bond donors (Lipinski definition) is 3. The van der Waals surface area contributed by atoms with E-state index in [1.807, 2.05) is 37.3 Å². The summed E-state index contributed by atoms with van der Waals surface area (Å²) in [5.41, 5.74) is 0.954. The third kappa shape index (κ3) is 7.04. The molecule has 0 radical (unpaired) electrons. The summed E-state index contributed by atoms with van der Waals surface area (Å²) in [6.45, 7) is 5.98. The van der Waals surface area contributed by atoms with E-state index in [1.54, 1.807) is 0 Å². The molecule has 1 aliphatic rings. The fourth-order valence-electron chi connectivity index (χ4n) is 3.05. The maximum atomic E-state index is 12.6. The minimum atomic E-state index is -0.458. The average Bonchev–Trinajstić information content (AvgIpc) is 2.57. The molecule has 1 aliphatic heterocycles. The smallest absolute Gasteiger partial charge is 0.242 e. The summed E-state index contributed by atoms with van der Waals surface area (Å²) in [6.07, 6.45) is 2.86. The van der Waals surface area contributed by atoms with Gasteiger partial charge in [-0.2, -0.15) is 0 Å². The monoisotopic (exact) mass is 367 g/mol. The highest BCUT2D eigenvalue weighted by molar-refractivity contribution is 5.88. The molecule has 3 unspecified atom stereocenters. The molecule has 0 aliphatic carbocycles. The summed E-state index contributed by atoms with van der Waals surface area (Å²) in [7, 11) is 0. The fraction of sp³-hybridized carbons (Fsp3) is 0.579. The van der Waals surface area contributed by atoms with E-state index in [0.717, 1.165) is 31.5 Å². The van der Waals surface area contributed by atoms with E-state index < -0.39 is 6.04 Å². The molecule has 1 fully saturated rings. The second-order valence-corrected chi connectivity index (χ2v) is 6.66. The first-order chi connectivity index (χ1) is 11.6. The Bertz CT molecular complexity index is 539. The van der Waals surface area contributed by atoms with Crippen molar-refractivity contribution in [2.45, 2.75) is 51.6 Å². The predicted molar refractivity (Wildman–Crippen MR) is 103 cm³/mol. The van der Waals surface area contributed by atoms with Gasteiger partial charge >= 0.3 is 0 Å². The van der Waals surface area contributed by atoms with Gasteiger partial charge in [0.05, 0.1) is 6.42 Å². The van der Waals surface area contributed by atoms with Crippen LogP contribution >= 0.6 is 12.4 Å². The molecule has 0 spiro atoms. The van der Waals surface area contributed by atoms with E-state index in [9.17, 15) is 9.59 Å². The highest BCUT2D eigenvalue weighted by atomic mass is 35.5. The van der Waals surface area contributed by atoms with Crippen LogP contribution in [0.1, 0.15) is 38.7 Å². The van der Waals surface area contributed by atoms with Crippen LogP contribution in [0.2, 0.25) is 0 Å². The second kappa shape index (κ2) is 11.1.